The first kappa shape index (κ1) is 23.4. The fourth-order valence-electron chi connectivity index (χ4n) is 3.05. The number of aliphatic imine (C=N–C) groups is 1. The molecule has 1 amide bonds. The van der Waals surface area contributed by atoms with Gasteiger partial charge in [0.1, 0.15) is 6.54 Å². The number of hydrogen-bond donors (Lipinski definition) is 2. The summed E-state index contributed by atoms with van der Waals surface area (Å²) >= 11 is 0. The van der Waals surface area contributed by atoms with Crippen LogP contribution in [0, 0.1) is 0 Å². The van der Waals surface area contributed by atoms with Gasteiger partial charge in [0, 0.05) is 39.9 Å². The lowest BCUT2D eigenvalue weighted by Gasteiger charge is -2.25. The maximum Gasteiger partial charge on any atom is 0.243 e. The van der Waals surface area contributed by atoms with Crippen molar-refractivity contribution in [2.75, 3.05) is 47.0 Å². The van der Waals surface area contributed by atoms with Gasteiger partial charge >= 0.3 is 0 Å². The number of rotatable bonds is 8. The van der Waals surface area contributed by atoms with Gasteiger partial charge in [-0.3, -0.25) is 4.79 Å². The Bertz CT molecular complexity index is 423. The van der Waals surface area contributed by atoms with Crippen LogP contribution < -0.4 is 10.6 Å². The number of carbonyl (C=O) groups is 1. The number of amides is 1. The fourth-order valence-corrected chi connectivity index (χ4v) is 3.05. The number of halogens is 1. The van der Waals surface area contributed by atoms with Crippen LogP contribution in [0.2, 0.25) is 0 Å². The van der Waals surface area contributed by atoms with Crippen LogP contribution in [0.25, 0.3) is 0 Å². The average Bonchev–Trinajstić information content (AvgIpc) is 3.13. The minimum atomic E-state index is 0. The molecule has 7 nitrogen and oxygen atoms in total. The average molecular weight is 482 g/mol. The molecule has 1 aliphatic carbocycles. The summed E-state index contributed by atoms with van der Waals surface area (Å²) in [5, 5.41) is 6.83. The predicted octanol–water partition coefficient (Wildman–Crippen LogP) is 1.76. The molecule has 8 heteroatoms. The predicted molar refractivity (Wildman–Crippen MR) is 114 cm³/mol. The quantitative estimate of drug-likeness (QED) is 0.239. The molecule has 0 aromatic rings. The lowest BCUT2D eigenvalue weighted by atomic mass is 9.96. The van der Waals surface area contributed by atoms with Gasteiger partial charge in [-0.1, -0.05) is 19.3 Å². The molecular formula is C18H35IN4O3. The molecule has 1 aliphatic heterocycles. The van der Waals surface area contributed by atoms with Crippen LogP contribution in [-0.2, 0) is 14.3 Å². The molecule has 2 fully saturated rings. The number of carbonyl (C=O) groups excluding carboxylic acids is 1. The summed E-state index contributed by atoms with van der Waals surface area (Å²) < 4.78 is 11.1. The number of nitrogens with zero attached hydrogens (tertiary/aromatic N) is 2. The lowest BCUT2D eigenvalue weighted by molar-refractivity contribution is -0.127. The van der Waals surface area contributed by atoms with E-state index in [0.29, 0.717) is 12.6 Å². The van der Waals surface area contributed by atoms with Gasteiger partial charge in [-0.05, 0) is 25.7 Å². The molecule has 2 rings (SSSR count). The minimum absolute atomic E-state index is 0. The maximum absolute atomic E-state index is 11.8. The molecule has 1 atom stereocenters. The molecule has 1 saturated heterocycles. The Morgan fingerprint density at radius 3 is 2.65 bits per heavy atom. The Labute approximate surface area is 174 Å². The van der Waals surface area contributed by atoms with Gasteiger partial charge in [0.25, 0.3) is 0 Å². The standard InChI is InChI=1S/C18H34N4O3.HI/c1-22(2)17(23)13-20-18(21-15-7-4-3-5-8-15)19-10-6-11-25-16-9-12-24-14-16;/h15-16H,3-14H2,1-2H3,(H2,19,20,21);1H. The van der Waals surface area contributed by atoms with Crippen molar-refractivity contribution >= 4 is 35.8 Å². The van der Waals surface area contributed by atoms with E-state index >= 15 is 0 Å². The van der Waals surface area contributed by atoms with E-state index in [9.17, 15) is 4.79 Å². The summed E-state index contributed by atoms with van der Waals surface area (Å²) in [6.07, 6.45) is 8.35. The van der Waals surface area contributed by atoms with Gasteiger partial charge in [0.15, 0.2) is 5.96 Å². The highest BCUT2D eigenvalue weighted by Crippen LogP contribution is 2.17. The Morgan fingerprint density at radius 1 is 1.23 bits per heavy atom. The van der Waals surface area contributed by atoms with Crippen LogP contribution in [0.5, 0.6) is 0 Å². The third-order valence-electron chi connectivity index (χ3n) is 4.67. The number of hydrogen-bond acceptors (Lipinski definition) is 4. The summed E-state index contributed by atoms with van der Waals surface area (Å²) in [6.45, 7) is 3.20. The highest BCUT2D eigenvalue weighted by molar-refractivity contribution is 14.0. The number of ether oxygens (including phenoxy) is 2. The van der Waals surface area contributed by atoms with Gasteiger partial charge in [-0.2, -0.15) is 0 Å². The highest BCUT2D eigenvalue weighted by atomic mass is 127. The molecule has 1 heterocycles. The molecule has 152 valence electrons. The molecule has 1 unspecified atom stereocenters. The van der Waals surface area contributed by atoms with Crippen molar-refractivity contribution in [2.24, 2.45) is 4.99 Å². The molecule has 26 heavy (non-hydrogen) atoms. The first-order valence-electron chi connectivity index (χ1n) is 9.59. The molecule has 0 aromatic carbocycles. The molecule has 0 bridgehead atoms. The van der Waals surface area contributed by atoms with E-state index in [1.165, 1.54) is 32.1 Å². The van der Waals surface area contributed by atoms with Crippen molar-refractivity contribution in [1.82, 2.24) is 15.5 Å². The van der Waals surface area contributed by atoms with Crippen molar-refractivity contribution in [2.45, 2.75) is 57.1 Å². The topological polar surface area (TPSA) is 75.2 Å². The van der Waals surface area contributed by atoms with E-state index in [4.69, 9.17) is 9.47 Å². The second-order valence-corrected chi connectivity index (χ2v) is 7.07. The number of guanidine groups is 1. The van der Waals surface area contributed by atoms with Crippen molar-refractivity contribution in [3.8, 4) is 0 Å². The zero-order valence-corrected chi connectivity index (χ0v) is 18.5. The Hall–Kier alpha value is -0.610. The van der Waals surface area contributed by atoms with E-state index < -0.39 is 0 Å². The monoisotopic (exact) mass is 482 g/mol. The normalized spacial score (nSPS) is 21.2. The Morgan fingerprint density at radius 2 is 2.00 bits per heavy atom. The zero-order chi connectivity index (χ0) is 17.9. The molecule has 0 spiro atoms. The number of nitrogens with one attached hydrogen (secondary N) is 2. The van der Waals surface area contributed by atoms with Crippen LogP contribution in [-0.4, -0.2) is 75.9 Å². The van der Waals surface area contributed by atoms with Crippen LogP contribution in [0.15, 0.2) is 4.99 Å². The molecule has 0 radical (unpaired) electrons. The summed E-state index contributed by atoms with van der Waals surface area (Å²) in [6, 6.07) is 0.460. The van der Waals surface area contributed by atoms with E-state index in [2.05, 4.69) is 15.6 Å². The van der Waals surface area contributed by atoms with Crippen molar-refractivity contribution < 1.29 is 14.3 Å². The van der Waals surface area contributed by atoms with Crippen LogP contribution in [0.4, 0.5) is 0 Å². The first-order valence-corrected chi connectivity index (χ1v) is 9.59. The molecule has 2 aliphatic rings. The SMILES string of the molecule is CN(C)C(=O)CN=C(NCCCOC1CCOC1)NC1CCCCC1.I. The third kappa shape index (κ3) is 9.36. The second kappa shape index (κ2) is 13.5. The molecule has 1 saturated carbocycles. The fraction of sp³-hybridized carbons (Fsp3) is 0.889. The lowest BCUT2D eigenvalue weighted by Crippen LogP contribution is -2.45. The van der Waals surface area contributed by atoms with Crippen LogP contribution >= 0.6 is 24.0 Å². The van der Waals surface area contributed by atoms with E-state index in [-0.39, 0.29) is 42.5 Å². The maximum atomic E-state index is 11.8. The van der Waals surface area contributed by atoms with Gasteiger partial charge in [-0.15, -0.1) is 24.0 Å². The summed E-state index contributed by atoms with van der Waals surface area (Å²) in [7, 11) is 3.51. The van der Waals surface area contributed by atoms with Crippen molar-refractivity contribution in [1.29, 1.82) is 0 Å². The molecule has 2 N–H and O–H groups in total. The van der Waals surface area contributed by atoms with Crippen molar-refractivity contribution in [3.63, 3.8) is 0 Å². The van der Waals surface area contributed by atoms with Gasteiger partial charge < -0.3 is 25.0 Å². The first-order chi connectivity index (χ1) is 12.1. The smallest absolute Gasteiger partial charge is 0.243 e. The number of likely N-dealkylation sites (N-methyl/N-ethyl adjacent to an activating group) is 1. The highest BCUT2D eigenvalue weighted by Gasteiger charge is 2.16. The van der Waals surface area contributed by atoms with Gasteiger partial charge in [0.2, 0.25) is 5.91 Å². The Kier molecular flexibility index (Phi) is 12.2. The zero-order valence-electron chi connectivity index (χ0n) is 16.2. The largest absolute Gasteiger partial charge is 0.379 e. The Balaban J connectivity index is 0.00000338. The van der Waals surface area contributed by atoms with Crippen LogP contribution in [0.1, 0.15) is 44.9 Å². The summed E-state index contributed by atoms with van der Waals surface area (Å²) in [5.74, 6) is 0.751. The van der Waals surface area contributed by atoms with Gasteiger partial charge in [-0.25, -0.2) is 4.99 Å². The van der Waals surface area contributed by atoms with Crippen molar-refractivity contribution in [3.05, 3.63) is 0 Å². The van der Waals surface area contributed by atoms with E-state index in [0.717, 1.165) is 38.6 Å². The van der Waals surface area contributed by atoms with Crippen LogP contribution in [0.3, 0.4) is 0 Å². The minimum Gasteiger partial charge on any atom is -0.379 e. The molecule has 0 aromatic heterocycles. The van der Waals surface area contributed by atoms with Gasteiger partial charge in [0.05, 0.1) is 12.7 Å². The second-order valence-electron chi connectivity index (χ2n) is 7.07. The third-order valence-corrected chi connectivity index (χ3v) is 4.67. The van der Waals surface area contributed by atoms with E-state index in [1.807, 2.05) is 0 Å². The summed E-state index contributed by atoms with van der Waals surface area (Å²) in [4.78, 5) is 17.8. The summed E-state index contributed by atoms with van der Waals surface area (Å²) in [5.41, 5.74) is 0. The van der Waals surface area contributed by atoms with E-state index in [1.54, 1.807) is 19.0 Å². The molecular weight excluding hydrogens is 447 g/mol.